The van der Waals surface area contributed by atoms with Gasteiger partial charge in [-0.15, -0.1) is 0 Å². The maximum Gasteiger partial charge on any atom is 0.471 e. The summed E-state index contributed by atoms with van der Waals surface area (Å²) in [4.78, 5) is 0. The lowest BCUT2D eigenvalue weighted by atomic mass is 9.97. The lowest BCUT2D eigenvalue weighted by molar-refractivity contribution is -0.456. The summed E-state index contributed by atoms with van der Waals surface area (Å²) < 4.78 is 169. The van der Waals surface area contributed by atoms with Crippen molar-refractivity contribution in [3.8, 4) is 11.5 Å². The molecule has 1 aromatic rings. The zero-order valence-corrected chi connectivity index (χ0v) is 12.1. The third-order valence-electron chi connectivity index (χ3n) is 2.99. The number of alkyl halides is 13. The van der Waals surface area contributed by atoms with Gasteiger partial charge in [-0.1, -0.05) is 0 Å². The molecule has 0 radical (unpaired) electrons. The fraction of sp³-hybridized carbons (Fsp3) is 0.500. The first-order chi connectivity index (χ1) is 11.7. The Morgan fingerprint density at radius 3 is 1.30 bits per heavy atom. The van der Waals surface area contributed by atoms with Crippen molar-refractivity contribution in [1.82, 2.24) is 0 Å². The molecule has 15 heteroatoms. The van der Waals surface area contributed by atoms with E-state index in [4.69, 9.17) is 5.11 Å². The number of benzene rings is 1. The first kappa shape index (κ1) is 23.0. The molecule has 0 amide bonds. The molecule has 0 aliphatic rings. The minimum absolute atomic E-state index is 0.264. The molecule has 0 spiro atoms. The van der Waals surface area contributed by atoms with Gasteiger partial charge in [0.2, 0.25) is 0 Å². The van der Waals surface area contributed by atoms with E-state index in [1.165, 1.54) is 0 Å². The van der Waals surface area contributed by atoms with Gasteiger partial charge in [0.1, 0.15) is 11.5 Å². The largest absolute Gasteiger partial charge is 0.508 e. The minimum Gasteiger partial charge on any atom is -0.508 e. The molecule has 0 fully saturated rings. The summed E-state index contributed by atoms with van der Waals surface area (Å²) in [7, 11) is 0. The molecule has 0 heterocycles. The molecular weight excluding hydrogens is 423 g/mol. The SMILES string of the molecule is Oc1ccc(OC(F)(F)C(F)(F)C(F)(F)C(F)(F)C(F)(F)C(F)(F)F)cc1. The van der Waals surface area contributed by atoms with Gasteiger partial charge >= 0.3 is 36.0 Å². The van der Waals surface area contributed by atoms with Gasteiger partial charge in [0.05, 0.1) is 0 Å². The minimum atomic E-state index is -7.98. The Kier molecular flexibility index (Phi) is 5.29. The van der Waals surface area contributed by atoms with Gasteiger partial charge in [-0.3, -0.25) is 0 Å². The van der Waals surface area contributed by atoms with Crippen LogP contribution in [-0.4, -0.2) is 41.1 Å². The molecule has 0 atom stereocenters. The second-order valence-electron chi connectivity index (χ2n) is 4.91. The second-order valence-corrected chi connectivity index (χ2v) is 4.91. The van der Waals surface area contributed by atoms with Crippen LogP contribution in [0.15, 0.2) is 24.3 Å². The van der Waals surface area contributed by atoms with Gasteiger partial charge < -0.3 is 9.84 Å². The second kappa shape index (κ2) is 6.22. The summed E-state index contributed by atoms with van der Waals surface area (Å²) in [5.41, 5.74) is 0. The monoisotopic (exact) mass is 428 g/mol. The lowest BCUT2D eigenvalue weighted by Crippen LogP contribution is -2.70. The van der Waals surface area contributed by atoms with Crippen LogP contribution in [0.25, 0.3) is 0 Å². The Morgan fingerprint density at radius 1 is 0.556 bits per heavy atom. The fourth-order valence-corrected chi connectivity index (χ4v) is 1.48. The number of rotatable bonds is 6. The lowest BCUT2D eigenvalue weighted by Gasteiger charge is -2.39. The quantitative estimate of drug-likeness (QED) is 0.610. The van der Waals surface area contributed by atoms with Crippen LogP contribution in [0, 0.1) is 0 Å². The molecule has 0 aromatic heterocycles. The van der Waals surface area contributed by atoms with E-state index in [1.54, 1.807) is 0 Å². The van der Waals surface area contributed by atoms with Crippen LogP contribution in [-0.2, 0) is 0 Å². The number of phenolic OH excluding ortho intramolecular Hbond substituents is 1. The highest BCUT2D eigenvalue weighted by atomic mass is 19.4. The first-order valence-corrected chi connectivity index (χ1v) is 6.16. The standard InChI is InChI=1S/C12H5F13O2/c13-7(14,9(17,18)11(21,22)23)8(15,16)10(19,20)12(24,25)27-6-3-1-5(26)2-4-6/h1-4,26H. The van der Waals surface area contributed by atoms with Crippen LogP contribution in [0.5, 0.6) is 11.5 Å². The van der Waals surface area contributed by atoms with Crippen LogP contribution >= 0.6 is 0 Å². The molecule has 27 heavy (non-hydrogen) atoms. The van der Waals surface area contributed by atoms with E-state index in [9.17, 15) is 57.1 Å². The Hall–Kier alpha value is -2.09. The predicted octanol–water partition coefficient (Wildman–Crippen LogP) is 5.47. The highest BCUT2D eigenvalue weighted by Crippen LogP contribution is 2.60. The highest BCUT2D eigenvalue weighted by molar-refractivity contribution is 5.30. The van der Waals surface area contributed by atoms with E-state index >= 15 is 0 Å². The maximum atomic E-state index is 13.3. The van der Waals surface area contributed by atoms with Gasteiger partial charge in [-0.2, -0.15) is 57.1 Å². The Morgan fingerprint density at radius 2 is 0.926 bits per heavy atom. The predicted molar refractivity (Wildman–Crippen MR) is 59.5 cm³/mol. The molecule has 0 bridgehead atoms. The Balaban J connectivity index is 3.38. The van der Waals surface area contributed by atoms with Crippen LogP contribution in [0.4, 0.5) is 57.1 Å². The summed E-state index contributed by atoms with van der Waals surface area (Å²) in [6, 6.07) is 1.52. The van der Waals surface area contributed by atoms with E-state index in [2.05, 4.69) is 4.74 Å². The third-order valence-corrected chi connectivity index (χ3v) is 2.99. The summed E-state index contributed by atoms with van der Waals surface area (Å²) in [5, 5.41) is 8.82. The average molecular weight is 428 g/mol. The van der Waals surface area contributed by atoms with Gasteiger partial charge in [0, 0.05) is 0 Å². The summed E-state index contributed by atoms with van der Waals surface area (Å²) >= 11 is 0. The fourth-order valence-electron chi connectivity index (χ4n) is 1.48. The van der Waals surface area contributed by atoms with Crippen LogP contribution in [0.2, 0.25) is 0 Å². The number of phenols is 1. The van der Waals surface area contributed by atoms with Crippen molar-refractivity contribution in [3.63, 3.8) is 0 Å². The van der Waals surface area contributed by atoms with Crippen molar-refractivity contribution >= 4 is 0 Å². The zero-order chi connectivity index (χ0) is 21.7. The number of aromatic hydroxyl groups is 1. The van der Waals surface area contributed by atoms with E-state index < -0.39 is 47.5 Å². The number of ether oxygens (including phenoxy) is 1. The van der Waals surface area contributed by atoms with E-state index in [0.29, 0.717) is 12.1 Å². The maximum absolute atomic E-state index is 13.3. The molecule has 2 nitrogen and oxygen atoms in total. The topological polar surface area (TPSA) is 29.5 Å². The summed E-state index contributed by atoms with van der Waals surface area (Å²) in [6.45, 7) is 0. The first-order valence-electron chi connectivity index (χ1n) is 6.16. The van der Waals surface area contributed by atoms with E-state index in [0.717, 1.165) is 0 Å². The van der Waals surface area contributed by atoms with Crippen LogP contribution in [0.3, 0.4) is 0 Å². The van der Waals surface area contributed by atoms with E-state index in [-0.39, 0.29) is 12.1 Å². The van der Waals surface area contributed by atoms with Crippen LogP contribution in [0.1, 0.15) is 0 Å². The molecular formula is C12H5F13O2. The molecule has 0 saturated heterocycles. The molecule has 0 saturated carbocycles. The highest BCUT2D eigenvalue weighted by Gasteiger charge is 2.91. The number of hydrogen-bond donors (Lipinski definition) is 1. The normalized spacial score (nSPS) is 15.0. The van der Waals surface area contributed by atoms with Crippen molar-refractivity contribution < 1.29 is 66.9 Å². The van der Waals surface area contributed by atoms with Gasteiger partial charge in [-0.05, 0) is 24.3 Å². The van der Waals surface area contributed by atoms with Gasteiger partial charge in [0.25, 0.3) is 0 Å². The molecule has 1 rings (SSSR count). The molecule has 1 N–H and O–H groups in total. The Labute approximate surface area is 140 Å². The van der Waals surface area contributed by atoms with Crippen molar-refractivity contribution in [2.75, 3.05) is 0 Å². The van der Waals surface area contributed by atoms with Crippen LogP contribution < -0.4 is 4.74 Å². The Bertz CT molecular complexity index is 663. The van der Waals surface area contributed by atoms with Crippen molar-refractivity contribution in [2.45, 2.75) is 36.0 Å². The van der Waals surface area contributed by atoms with Crippen molar-refractivity contribution in [3.05, 3.63) is 24.3 Å². The van der Waals surface area contributed by atoms with Crippen molar-refractivity contribution in [2.24, 2.45) is 0 Å². The third kappa shape index (κ3) is 3.42. The number of hydrogen-bond acceptors (Lipinski definition) is 2. The van der Waals surface area contributed by atoms with Gasteiger partial charge in [-0.25, -0.2) is 0 Å². The smallest absolute Gasteiger partial charge is 0.471 e. The molecule has 156 valence electrons. The molecule has 1 aromatic carbocycles. The van der Waals surface area contributed by atoms with Gasteiger partial charge in [0.15, 0.2) is 0 Å². The number of halogens is 13. The summed E-state index contributed by atoms with van der Waals surface area (Å²) in [5.74, 6) is -33.3. The summed E-state index contributed by atoms with van der Waals surface area (Å²) in [6.07, 6.45) is -14.1. The van der Waals surface area contributed by atoms with Crippen molar-refractivity contribution in [1.29, 1.82) is 0 Å². The molecule has 0 aliphatic heterocycles. The molecule has 0 aliphatic carbocycles. The molecule has 0 unspecified atom stereocenters. The zero-order valence-electron chi connectivity index (χ0n) is 12.1. The van der Waals surface area contributed by atoms with E-state index in [1.807, 2.05) is 0 Å². The average Bonchev–Trinajstić information content (AvgIpc) is 2.47.